The predicted octanol–water partition coefficient (Wildman–Crippen LogP) is 1.48. The first kappa shape index (κ1) is 20.2. The maximum atomic E-state index is 12.6. The summed E-state index contributed by atoms with van der Waals surface area (Å²) >= 11 is 0. The van der Waals surface area contributed by atoms with Crippen molar-refractivity contribution in [1.29, 1.82) is 0 Å². The van der Waals surface area contributed by atoms with Crippen molar-refractivity contribution in [2.24, 2.45) is 11.8 Å². The van der Waals surface area contributed by atoms with Crippen LogP contribution in [-0.2, 0) is 23.9 Å². The van der Waals surface area contributed by atoms with Gasteiger partial charge in [-0.25, -0.2) is 4.98 Å². The highest BCUT2D eigenvalue weighted by molar-refractivity contribution is 6.06. The number of nitrogens with one attached hydrogen (secondary N) is 2. The summed E-state index contributed by atoms with van der Waals surface area (Å²) in [6.45, 7) is 1.77. The zero-order valence-corrected chi connectivity index (χ0v) is 16.7. The van der Waals surface area contributed by atoms with Crippen molar-refractivity contribution in [2.45, 2.75) is 44.8 Å². The number of carbonyl (C=O) groups excluding carboxylic acids is 4. The van der Waals surface area contributed by atoms with E-state index in [9.17, 15) is 19.2 Å². The molecular weight excluding hydrogens is 388 g/mol. The first-order valence-electron chi connectivity index (χ1n) is 10.2. The Hall–Kier alpha value is -3.07. The minimum absolute atomic E-state index is 0.135. The zero-order chi connectivity index (χ0) is 21.3. The van der Waals surface area contributed by atoms with Crippen LogP contribution >= 0.6 is 0 Å². The van der Waals surface area contributed by atoms with E-state index in [0.717, 1.165) is 6.42 Å². The fourth-order valence-corrected chi connectivity index (χ4v) is 4.28. The Morgan fingerprint density at radius 2 is 1.63 bits per heavy atom. The number of rotatable bonds is 8. The molecule has 9 nitrogen and oxygen atoms in total. The Kier molecular flexibility index (Phi) is 5.63. The summed E-state index contributed by atoms with van der Waals surface area (Å²) in [5.74, 6) is -0.658. The van der Waals surface area contributed by atoms with Gasteiger partial charge >= 0.3 is 0 Å². The van der Waals surface area contributed by atoms with Crippen molar-refractivity contribution in [3.8, 4) is 0 Å². The number of carbonyl (C=O) groups is 4. The van der Waals surface area contributed by atoms with Crippen LogP contribution in [0.25, 0.3) is 0 Å². The topological polar surface area (TPSA) is 118 Å². The van der Waals surface area contributed by atoms with Gasteiger partial charge in [0, 0.05) is 19.9 Å². The van der Waals surface area contributed by atoms with Gasteiger partial charge < -0.3 is 15.4 Å². The number of fused-ring (bicyclic) bond motifs is 5. The van der Waals surface area contributed by atoms with Gasteiger partial charge in [0.25, 0.3) is 0 Å². The number of likely N-dealkylation sites (tertiary alicyclic amines) is 1. The Bertz CT molecular complexity index is 884. The molecule has 2 saturated heterocycles. The van der Waals surface area contributed by atoms with E-state index in [4.69, 9.17) is 4.74 Å². The number of amides is 4. The molecule has 3 aliphatic heterocycles. The van der Waals surface area contributed by atoms with Crippen LogP contribution in [0, 0.1) is 11.8 Å². The second-order valence-corrected chi connectivity index (χ2v) is 7.78. The van der Waals surface area contributed by atoms with Crippen molar-refractivity contribution in [3.05, 3.63) is 30.4 Å². The summed E-state index contributed by atoms with van der Waals surface area (Å²) in [7, 11) is 0. The van der Waals surface area contributed by atoms with Crippen LogP contribution in [0.1, 0.15) is 32.6 Å². The van der Waals surface area contributed by atoms with Gasteiger partial charge in [-0.3, -0.25) is 24.1 Å². The normalized spacial score (nSPS) is 26.2. The molecule has 4 atom stereocenters. The van der Waals surface area contributed by atoms with Crippen LogP contribution in [0.2, 0.25) is 0 Å². The lowest BCUT2D eigenvalue weighted by Gasteiger charge is -2.17. The quantitative estimate of drug-likeness (QED) is 0.379. The van der Waals surface area contributed by atoms with Gasteiger partial charge in [0.2, 0.25) is 23.6 Å². The SMILES string of the molecule is CC(=O)Nc1cccc(NC(=O)CCCCCN2C(=O)[C@@H]3[C@H](C2=O)[C@@H]2C=C[C@H]3O2)n1. The molecule has 1 aromatic heterocycles. The van der Waals surface area contributed by atoms with Gasteiger partial charge in [-0.2, -0.15) is 0 Å². The van der Waals surface area contributed by atoms with Crippen molar-refractivity contribution in [2.75, 3.05) is 17.2 Å². The third-order valence-corrected chi connectivity index (χ3v) is 5.61. The lowest BCUT2D eigenvalue weighted by Crippen LogP contribution is -2.35. The predicted molar refractivity (Wildman–Crippen MR) is 107 cm³/mol. The van der Waals surface area contributed by atoms with E-state index in [1.165, 1.54) is 11.8 Å². The van der Waals surface area contributed by atoms with Gasteiger partial charge in [0.15, 0.2) is 0 Å². The summed E-state index contributed by atoms with van der Waals surface area (Å²) in [4.78, 5) is 53.8. The monoisotopic (exact) mass is 412 g/mol. The second kappa shape index (κ2) is 8.35. The lowest BCUT2D eigenvalue weighted by atomic mass is 9.85. The molecule has 4 heterocycles. The molecule has 3 aliphatic rings. The highest BCUT2D eigenvalue weighted by Crippen LogP contribution is 2.45. The van der Waals surface area contributed by atoms with Gasteiger partial charge in [0.1, 0.15) is 11.6 Å². The Balaban J connectivity index is 1.17. The van der Waals surface area contributed by atoms with Gasteiger partial charge in [-0.15, -0.1) is 0 Å². The van der Waals surface area contributed by atoms with Crippen LogP contribution in [0.3, 0.4) is 0 Å². The Morgan fingerprint density at radius 3 is 2.27 bits per heavy atom. The summed E-state index contributed by atoms with van der Waals surface area (Å²) in [5.41, 5.74) is 0. The Morgan fingerprint density at radius 1 is 1.00 bits per heavy atom. The maximum absolute atomic E-state index is 12.6. The molecule has 30 heavy (non-hydrogen) atoms. The number of aromatic nitrogens is 1. The van der Waals surface area contributed by atoms with Crippen molar-refractivity contribution in [1.82, 2.24) is 9.88 Å². The smallest absolute Gasteiger partial charge is 0.236 e. The number of hydrogen-bond donors (Lipinski definition) is 2. The molecular formula is C21H24N4O5. The molecule has 0 unspecified atom stereocenters. The third-order valence-electron chi connectivity index (χ3n) is 5.61. The number of nitrogens with zero attached hydrogens (tertiary/aromatic N) is 2. The van der Waals surface area contributed by atoms with Crippen LogP contribution in [0.15, 0.2) is 30.4 Å². The molecule has 1 aromatic rings. The van der Waals surface area contributed by atoms with E-state index >= 15 is 0 Å². The molecule has 158 valence electrons. The zero-order valence-electron chi connectivity index (χ0n) is 16.7. The summed E-state index contributed by atoms with van der Waals surface area (Å²) in [5, 5.41) is 5.27. The molecule has 9 heteroatoms. The molecule has 2 fully saturated rings. The number of unbranched alkanes of at least 4 members (excludes halogenated alkanes) is 2. The van der Waals surface area contributed by atoms with Crippen molar-refractivity contribution in [3.63, 3.8) is 0 Å². The van der Waals surface area contributed by atoms with Crippen LogP contribution in [0.4, 0.5) is 11.6 Å². The highest BCUT2D eigenvalue weighted by Gasteiger charge is 2.60. The number of imide groups is 1. The number of hydrogen-bond acceptors (Lipinski definition) is 6. The van der Waals surface area contributed by atoms with E-state index < -0.39 is 0 Å². The molecule has 0 aliphatic carbocycles. The van der Waals surface area contributed by atoms with E-state index in [1.807, 2.05) is 12.2 Å². The number of ether oxygens (including phenoxy) is 1. The fourth-order valence-electron chi connectivity index (χ4n) is 4.28. The molecule has 4 rings (SSSR count). The molecule has 4 amide bonds. The van der Waals surface area contributed by atoms with Gasteiger partial charge in [-0.05, 0) is 25.0 Å². The Labute approximate surface area is 173 Å². The number of pyridine rings is 1. The van der Waals surface area contributed by atoms with E-state index in [0.29, 0.717) is 37.4 Å². The van der Waals surface area contributed by atoms with Gasteiger partial charge in [0.05, 0.1) is 24.0 Å². The highest BCUT2D eigenvalue weighted by atomic mass is 16.5. The second-order valence-electron chi connectivity index (χ2n) is 7.78. The fraction of sp³-hybridized carbons (Fsp3) is 0.476. The molecule has 0 radical (unpaired) electrons. The minimum Gasteiger partial charge on any atom is -0.365 e. The van der Waals surface area contributed by atoms with E-state index in [2.05, 4.69) is 15.6 Å². The average Bonchev–Trinajstić information content (AvgIpc) is 3.37. The maximum Gasteiger partial charge on any atom is 0.236 e. The average molecular weight is 412 g/mol. The minimum atomic E-state index is -0.362. The molecule has 0 saturated carbocycles. The van der Waals surface area contributed by atoms with E-state index in [-0.39, 0.29) is 47.7 Å². The van der Waals surface area contributed by atoms with Gasteiger partial charge in [-0.1, -0.05) is 24.6 Å². The largest absolute Gasteiger partial charge is 0.365 e. The van der Waals surface area contributed by atoms with Crippen LogP contribution in [0.5, 0.6) is 0 Å². The molecule has 0 aromatic carbocycles. The standard InChI is InChI=1S/C21H24N4O5/c1-12(26)22-15-6-5-7-16(23-15)24-17(27)8-3-2-4-11-25-20(28)18-13-9-10-14(30-13)19(18)21(25)29/h5-7,9-10,13-14,18-19H,2-4,8,11H2,1H3,(H2,22,23,24,26,27)/t13-,14+,18+,19-. The molecule has 2 N–H and O–H groups in total. The molecule has 0 spiro atoms. The summed E-state index contributed by atoms with van der Waals surface area (Å²) in [6, 6.07) is 4.98. The first-order chi connectivity index (χ1) is 14.4. The first-order valence-corrected chi connectivity index (χ1v) is 10.2. The van der Waals surface area contributed by atoms with Crippen LogP contribution in [-0.4, -0.2) is 52.3 Å². The van der Waals surface area contributed by atoms with Crippen molar-refractivity contribution < 1.29 is 23.9 Å². The summed E-state index contributed by atoms with van der Waals surface area (Å²) < 4.78 is 5.62. The van der Waals surface area contributed by atoms with Crippen molar-refractivity contribution >= 4 is 35.3 Å². The third kappa shape index (κ3) is 3.97. The number of anilines is 2. The lowest BCUT2D eigenvalue weighted by molar-refractivity contribution is -0.142. The molecule has 2 bridgehead atoms. The van der Waals surface area contributed by atoms with Crippen LogP contribution < -0.4 is 10.6 Å². The summed E-state index contributed by atoms with van der Waals surface area (Å²) in [6.07, 6.45) is 5.55. The van der Waals surface area contributed by atoms with E-state index in [1.54, 1.807) is 18.2 Å².